The van der Waals surface area contributed by atoms with Gasteiger partial charge in [-0.25, -0.2) is 8.42 Å². The normalized spacial score (nSPS) is 18.4. The van der Waals surface area contributed by atoms with Gasteiger partial charge in [0.25, 0.3) is 20.0 Å². The first kappa shape index (κ1) is 31.9. The van der Waals surface area contributed by atoms with E-state index in [4.69, 9.17) is 0 Å². The second kappa shape index (κ2) is 16.6. The minimum absolute atomic E-state index is 0.0180. The van der Waals surface area contributed by atoms with Crippen molar-refractivity contribution in [3.05, 3.63) is 35.9 Å². The monoisotopic (exact) mass is 571 g/mol. The lowest BCUT2D eigenvalue weighted by molar-refractivity contribution is 0.385. The van der Waals surface area contributed by atoms with Crippen LogP contribution in [0.5, 0.6) is 0 Å². The molecule has 0 fully saturated rings. The number of hydrogen-bond donors (Lipinski definition) is 1. The second-order valence-electron chi connectivity index (χ2n) is 9.49. The van der Waals surface area contributed by atoms with E-state index in [9.17, 15) is 16.8 Å². The maximum atomic E-state index is 12.7. The van der Waals surface area contributed by atoms with Crippen LogP contribution in [0, 0.1) is 0 Å². The molecule has 210 valence electrons. The van der Waals surface area contributed by atoms with Crippen molar-refractivity contribution >= 4 is 37.6 Å². The van der Waals surface area contributed by atoms with Gasteiger partial charge in [0.05, 0.1) is 0 Å². The molecule has 0 unspecified atom stereocenters. The summed E-state index contributed by atoms with van der Waals surface area (Å²) in [7, 11) is -6.08. The second-order valence-corrected chi connectivity index (χ2v) is 14.6. The molecule has 0 amide bonds. The summed E-state index contributed by atoms with van der Waals surface area (Å²) in [5.74, 6) is 0. The Morgan fingerprint density at radius 1 is 1.00 bits per heavy atom. The van der Waals surface area contributed by atoms with Gasteiger partial charge in [-0.1, -0.05) is 70.3 Å². The molecule has 1 aromatic rings. The van der Waals surface area contributed by atoms with Crippen molar-refractivity contribution in [2.75, 3.05) is 20.1 Å². The predicted octanol–water partition coefficient (Wildman–Crippen LogP) is 6.61. The highest BCUT2D eigenvalue weighted by atomic mass is 32.3. The molecule has 0 spiro atoms. The predicted molar refractivity (Wildman–Crippen MR) is 156 cm³/mol. The van der Waals surface area contributed by atoms with Crippen LogP contribution in [0.15, 0.2) is 43.2 Å². The van der Waals surface area contributed by atoms with Crippen molar-refractivity contribution in [2.45, 2.75) is 105 Å². The summed E-state index contributed by atoms with van der Waals surface area (Å²) in [6.45, 7) is 5.09. The largest absolute Gasteiger partial charge is 0.309 e. The molecule has 37 heavy (non-hydrogen) atoms. The highest BCUT2D eigenvalue weighted by Gasteiger charge is 2.38. The van der Waals surface area contributed by atoms with Crippen LogP contribution in [-0.4, -0.2) is 47.5 Å². The van der Waals surface area contributed by atoms with Crippen molar-refractivity contribution < 1.29 is 16.8 Å². The number of sulfonamides is 2. The Bertz CT molecular complexity index is 1110. The number of likely N-dealkylation sites (N-methyl/N-ethyl adjacent to an activating group) is 2. The summed E-state index contributed by atoms with van der Waals surface area (Å²) >= 11 is 0.791. The zero-order valence-electron chi connectivity index (χ0n) is 22.7. The summed E-state index contributed by atoms with van der Waals surface area (Å²) in [4.78, 5) is 0. The molecule has 0 saturated heterocycles. The van der Waals surface area contributed by atoms with E-state index < -0.39 is 20.0 Å². The van der Waals surface area contributed by atoms with E-state index >= 15 is 0 Å². The highest BCUT2D eigenvalue weighted by molar-refractivity contribution is 7.94. The molecule has 7 nitrogen and oxygen atoms in total. The first-order valence-corrected chi connectivity index (χ1v) is 17.4. The molecule has 0 aliphatic carbocycles. The topological polar surface area (TPSA) is 95.9 Å². The summed E-state index contributed by atoms with van der Waals surface area (Å²) in [6, 6.07) is 1.24. The van der Waals surface area contributed by atoms with Crippen LogP contribution >= 0.6 is 11.3 Å². The van der Waals surface area contributed by atoms with E-state index in [-0.39, 0.29) is 21.0 Å². The van der Waals surface area contributed by atoms with E-state index in [1.165, 1.54) is 62.2 Å². The third-order valence-corrected chi connectivity index (χ3v) is 11.6. The summed E-state index contributed by atoms with van der Waals surface area (Å²) in [5, 5.41) is 3.24. The minimum atomic E-state index is -3.92. The zero-order valence-corrected chi connectivity index (χ0v) is 25.1. The number of thiophene rings is 1. The summed E-state index contributed by atoms with van der Waals surface area (Å²) in [6.07, 6.45) is 23.7. The van der Waals surface area contributed by atoms with Gasteiger partial charge in [0.2, 0.25) is 0 Å². The number of hydrogen-bond acceptors (Lipinski definition) is 6. The SMILES string of the molecule is CCCCC/C=C/C/C=C/CCCCCCC/C=N\S(=O)(=O)c1cc2c(s1)S(=O)(=O)N(C)C[C@@H]2NCC. The van der Waals surface area contributed by atoms with Crippen LogP contribution in [0.1, 0.15) is 103 Å². The van der Waals surface area contributed by atoms with E-state index in [1.54, 1.807) is 0 Å². The van der Waals surface area contributed by atoms with Crippen LogP contribution in [0.3, 0.4) is 0 Å². The Hall–Kier alpha value is -1.33. The number of fused-ring (bicyclic) bond motifs is 1. The smallest absolute Gasteiger partial charge is 0.291 e. The number of allylic oxidation sites excluding steroid dienone is 4. The van der Waals surface area contributed by atoms with E-state index in [2.05, 4.69) is 40.9 Å². The van der Waals surface area contributed by atoms with Crippen molar-refractivity contribution in [3.63, 3.8) is 0 Å². The molecule has 2 heterocycles. The van der Waals surface area contributed by atoms with Gasteiger partial charge in [-0.15, -0.1) is 11.3 Å². The summed E-state index contributed by atoms with van der Waals surface area (Å²) in [5.41, 5.74) is 0.521. The fourth-order valence-corrected chi connectivity index (χ4v) is 8.73. The van der Waals surface area contributed by atoms with Crippen LogP contribution in [0.2, 0.25) is 0 Å². The third-order valence-electron chi connectivity index (χ3n) is 6.36. The number of unbranched alkanes of at least 4 members (excludes halogenated alkanes) is 9. The van der Waals surface area contributed by atoms with Gasteiger partial charge in [0.15, 0.2) is 0 Å². The molecule has 10 heteroatoms. The minimum Gasteiger partial charge on any atom is -0.309 e. The molecule has 1 aliphatic rings. The van der Waals surface area contributed by atoms with Crippen molar-refractivity contribution in [1.82, 2.24) is 9.62 Å². The molecule has 0 saturated carbocycles. The van der Waals surface area contributed by atoms with Gasteiger partial charge in [0, 0.05) is 31.4 Å². The molecule has 0 radical (unpaired) electrons. The Morgan fingerprint density at radius 2 is 1.62 bits per heavy atom. The molecule has 0 aromatic carbocycles. The maximum Gasteiger partial charge on any atom is 0.291 e. The van der Waals surface area contributed by atoms with Crippen LogP contribution in [0.4, 0.5) is 0 Å². The maximum absolute atomic E-state index is 12.7. The highest BCUT2D eigenvalue weighted by Crippen LogP contribution is 2.40. The Labute approximate surface area is 229 Å². The van der Waals surface area contributed by atoms with Gasteiger partial charge >= 0.3 is 0 Å². The Kier molecular flexibility index (Phi) is 14.3. The summed E-state index contributed by atoms with van der Waals surface area (Å²) < 4.78 is 56.0. The Balaban J connectivity index is 1.69. The van der Waals surface area contributed by atoms with E-state index in [0.29, 0.717) is 18.5 Å². The fraction of sp³-hybridized carbons (Fsp3) is 0.667. The van der Waals surface area contributed by atoms with Crippen molar-refractivity contribution in [2.24, 2.45) is 4.40 Å². The zero-order chi connectivity index (χ0) is 27.2. The van der Waals surface area contributed by atoms with Crippen molar-refractivity contribution in [3.8, 4) is 0 Å². The molecule has 1 aromatic heterocycles. The quantitative estimate of drug-likeness (QED) is 0.122. The van der Waals surface area contributed by atoms with Crippen LogP contribution in [0.25, 0.3) is 0 Å². The number of nitrogens with one attached hydrogen (secondary N) is 1. The molecular formula is C27H45N3O4S3. The fourth-order valence-electron chi connectivity index (χ4n) is 4.20. The van der Waals surface area contributed by atoms with Gasteiger partial charge in [-0.2, -0.15) is 17.1 Å². The van der Waals surface area contributed by atoms with Crippen molar-refractivity contribution in [1.29, 1.82) is 0 Å². The lowest BCUT2D eigenvalue weighted by atomic mass is 10.1. The van der Waals surface area contributed by atoms with E-state index in [1.807, 2.05) is 6.92 Å². The third kappa shape index (κ3) is 10.4. The molecule has 1 atom stereocenters. The van der Waals surface area contributed by atoms with Gasteiger partial charge in [0.1, 0.15) is 8.42 Å². The van der Waals surface area contributed by atoms with Gasteiger partial charge in [-0.05, 0) is 57.6 Å². The Morgan fingerprint density at radius 3 is 2.27 bits per heavy atom. The molecular weight excluding hydrogens is 527 g/mol. The first-order valence-electron chi connectivity index (χ1n) is 13.7. The molecule has 1 aliphatic heterocycles. The lowest BCUT2D eigenvalue weighted by Gasteiger charge is -2.29. The van der Waals surface area contributed by atoms with E-state index in [0.717, 1.165) is 43.4 Å². The van der Waals surface area contributed by atoms with Gasteiger partial charge in [-0.3, -0.25) is 0 Å². The average Bonchev–Trinajstić information content (AvgIpc) is 3.33. The van der Waals surface area contributed by atoms with Crippen LogP contribution in [-0.2, 0) is 20.0 Å². The molecule has 2 rings (SSSR count). The first-order chi connectivity index (χ1) is 17.7. The average molecular weight is 572 g/mol. The number of nitrogens with zero attached hydrogens (tertiary/aromatic N) is 2. The molecule has 0 bridgehead atoms. The molecule has 1 N–H and O–H groups in total. The standard InChI is InChI=1S/C27H45N3O4S3/c1-4-6-7-8-9-10-11-12-13-14-15-16-17-18-19-20-21-29-36(31,32)26-22-24-25(28-5-2)23-30(3)37(33,34)27(24)35-26/h9-10,12-13,21-22,25,28H,4-8,11,14-20,23H2,1-3H3/b10-9+,13-12+,29-21-/t25-/m0/s1. The number of rotatable bonds is 18. The van der Waals surface area contributed by atoms with Crippen LogP contribution < -0.4 is 5.32 Å². The van der Waals surface area contributed by atoms with Gasteiger partial charge < -0.3 is 5.32 Å². The lowest BCUT2D eigenvalue weighted by Crippen LogP contribution is -2.40.